The Hall–Kier alpha value is -3.08. The van der Waals surface area contributed by atoms with E-state index in [2.05, 4.69) is 12.2 Å². The van der Waals surface area contributed by atoms with Crippen LogP contribution in [0.1, 0.15) is 54.9 Å². The molecule has 2 aromatic carbocycles. The molecule has 168 valence electrons. The highest BCUT2D eigenvalue weighted by molar-refractivity contribution is 6.09. The van der Waals surface area contributed by atoms with Crippen molar-refractivity contribution in [2.75, 3.05) is 14.2 Å². The van der Waals surface area contributed by atoms with Crippen molar-refractivity contribution >= 4 is 16.8 Å². The van der Waals surface area contributed by atoms with Gasteiger partial charge in [0, 0.05) is 23.1 Å². The zero-order valence-corrected chi connectivity index (χ0v) is 19.4. The molecule has 1 aliphatic rings. The molecule has 32 heavy (non-hydrogen) atoms. The molecule has 1 heterocycles. The first-order chi connectivity index (χ1) is 15.5. The lowest BCUT2D eigenvalue weighted by Gasteiger charge is -2.28. The van der Waals surface area contributed by atoms with E-state index in [1.165, 1.54) is 32.1 Å². The third-order valence-corrected chi connectivity index (χ3v) is 6.72. The van der Waals surface area contributed by atoms with Crippen molar-refractivity contribution in [3.8, 4) is 22.8 Å². The lowest BCUT2D eigenvalue weighted by atomic mass is 9.84. The topological polar surface area (TPSA) is 60.5 Å². The Balaban J connectivity index is 1.84. The first-order valence-electron chi connectivity index (χ1n) is 11.5. The van der Waals surface area contributed by atoms with Gasteiger partial charge in [0.05, 0.1) is 31.0 Å². The van der Waals surface area contributed by atoms with E-state index in [1.807, 2.05) is 49.4 Å². The van der Waals surface area contributed by atoms with Crippen LogP contribution in [0, 0.1) is 12.8 Å². The Bertz CT molecular complexity index is 1110. The van der Waals surface area contributed by atoms with Crippen LogP contribution in [-0.2, 0) is 0 Å². The minimum atomic E-state index is -0.0580. The van der Waals surface area contributed by atoms with Crippen LogP contribution in [0.15, 0.2) is 42.5 Å². The maximum Gasteiger partial charge on any atom is 0.252 e. The van der Waals surface area contributed by atoms with Gasteiger partial charge >= 0.3 is 0 Å². The molecule has 1 amide bonds. The molecule has 1 aliphatic carbocycles. The molecular weight excluding hydrogens is 400 g/mol. The quantitative estimate of drug-likeness (QED) is 0.525. The molecule has 1 atom stereocenters. The summed E-state index contributed by atoms with van der Waals surface area (Å²) < 4.78 is 11.0. The van der Waals surface area contributed by atoms with Crippen molar-refractivity contribution in [2.45, 2.75) is 52.0 Å². The number of rotatable bonds is 6. The molecule has 3 aromatic rings. The van der Waals surface area contributed by atoms with Crippen molar-refractivity contribution in [1.82, 2.24) is 10.3 Å². The molecule has 1 fully saturated rings. The van der Waals surface area contributed by atoms with Crippen LogP contribution in [0.5, 0.6) is 11.5 Å². The number of amides is 1. The number of benzene rings is 2. The third kappa shape index (κ3) is 4.29. The maximum absolute atomic E-state index is 13.7. The number of aromatic nitrogens is 1. The lowest BCUT2D eigenvalue weighted by molar-refractivity contribution is 0.0920. The predicted octanol–water partition coefficient (Wildman–Crippen LogP) is 5.93. The summed E-state index contributed by atoms with van der Waals surface area (Å²) in [6.07, 6.45) is 6.15. The molecule has 0 aliphatic heterocycles. The van der Waals surface area contributed by atoms with E-state index in [0.29, 0.717) is 28.5 Å². The van der Waals surface area contributed by atoms with Gasteiger partial charge in [-0.15, -0.1) is 0 Å². The second kappa shape index (κ2) is 9.60. The first-order valence-corrected chi connectivity index (χ1v) is 11.5. The van der Waals surface area contributed by atoms with Gasteiger partial charge in [0.2, 0.25) is 0 Å². The summed E-state index contributed by atoms with van der Waals surface area (Å²) in [6.45, 7) is 4.11. The Morgan fingerprint density at radius 2 is 1.69 bits per heavy atom. The number of methoxy groups -OCH3 is 2. The number of nitrogens with zero attached hydrogens (tertiary/aromatic N) is 1. The average Bonchev–Trinajstić information content (AvgIpc) is 2.83. The number of ether oxygens (including phenoxy) is 2. The normalized spacial score (nSPS) is 15.4. The SMILES string of the molecule is COc1cc2nc(-c3ccccc3)c(C)c(C(=O)N[C@@H](C)C3CCCCC3)c2cc1OC. The number of hydrogen-bond acceptors (Lipinski definition) is 4. The highest BCUT2D eigenvalue weighted by Crippen LogP contribution is 2.37. The Morgan fingerprint density at radius 3 is 2.34 bits per heavy atom. The van der Waals surface area contributed by atoms with E-state index < -0.39 is 0 Å². The van der Waals surface area contributed by atoms with E-state index in [-0.39, 0.29) is 11.9 Å². The van der Waals surface area contributed by atoms with Crippen LogP contribution < -0.4 is 14.8 Å². The summed E-state index contributed by atoms with van der Waals surface area (Å²) in [5.41, 5.74) is 4.01. The summed E-state index contributed by atoms with van der Waals surface area (Å²) in [6, 6.07) is 13.8. The molecule has 0 radical (unpaired) electrons. The van der Waals surface area contributed by atoms with Crippen LogP contribution in [0.25, 0.3) is 22.2 Å². The average molecular weight is 433 g/mol. The number of carbonyl (C=O) groups excluding carboxylic acids is 1. The zero-order chi connectivity index (χ0) is 22.7. The number of fused-ring (bicyclic) bond motifs is 1. The van der Waals surface area contributed by atoms with Crippen LogP contribution in [0.2, 0.25) is 0 Å². The van der Waals surface area contributed by atoms with Crippen LogP contribution in [0.3, 0.4) is 0 Å². The minimum Gasteiger partial charge on any atom is -0.493 e. The van der Waals surface area contributed by atoms with Gasteiger partial charge in [-0.3, -0.25) is 4.79 Å². The fraction of sp³-hybridized carbons (Fsp3) is 0.407. The number of hydrogen-bond donors (Lipinski definition) is 1. The van der Waals surface area contributed by atoms with E-state index in [9.17, 15) is 4.79 Å². The molecule has 5 heteroatoms. The van der Waals surface area contributed by atoms with Gasteiger partial charge in [-0.1, -0.05) is 49.6 Å². The smallest absolute Gasteiger partial charge is 0.252 e. The van der Waals surface area contributed by atoms with Crippen molar-refractivity contribution in [3.63, 3.8) is 0 Å². The second-order valence-corrected chi connectivity index (χ2v) is 8.71. The van der Waals surface area contributed by atoms with E-state index in [4.69, 9.17) is 14.5 Å². The monoisotopic (exact) mass is 432 g/mol. The predicted molar refractivity (Wildman–Crippen MR) is 129 cm³/mol. The van der Waals surface area contributed by atoms with Crippen LogP contribution in [0.4, 0.5) is 0 Å². The second-order valence-electron chi connectivity index (χ2n) is 8.71. The molecule has 0 bridgehead atoms. The highest BCUT2D eigenvalue weighted by Gasteiger charge is 2.25. The van der Waals surface area contributed by atoms with Gasteiger partial charge in [-0.25, -0.2) is 4.98 Å². The van der Waals surface area contributed by atoms with Crippen molar-refractivity contribution < 1.29 is 14.3 Å². The summed E-state index contributed by atoms with van der Waals surface area (Å²) in [5.74, 6) is 1.65. The summed E-state index contributed by atoms with van der Waals surface area (Å²) in [7, 11) is 3.21. The molecular formula is C27H32N2O3. The minimum absolute atomic E-state index is 0.0580. The number of pyridine rings is 1. The third-order valence-electron chi connectivity index (χ3n) is 6.72. The molecule has 0 spiro atoms. The van der Waals surface area contributed by atoms with Crippen LogP contribution >= 0.6 is 0 Å². The molecule has 1 aromatic heterocycles. The van der Waals surface area contributed by atoms with Gasteiger partial charge in [0.25, 0.3) is 5.91 Å². The summed E-state index contributed by atoms with van der Waals surface area (Å²) in [5, 5.41) is 4.08. The zero-order valence-electron chi connectivity index (χ0n) is 19.4. The van der Waals surface area contributed by atoms with Crippen molar-refractivity contribution in [3.05, 3.63) is 53.6 Å². The highest BCUT2D eigenvalue weighted by atomic mass is 16.5. The maximum atomic E-state index is 13.7. The molecule has 5 nitrogen and oxygen atoms in total. The number of nitrogens with one attached hydrogen (secondary N) is 1. The standard InChI is InChI=1S/C27H32N2O3/c1-17-25(27(30)28-18(2)19-11-7-5-8-12-19)21-15-23(31-3)24(32-4)16-22(21)29-26(17)20-13-9-6-10-14-20/h6,9-10,13-16,18-19H,5,7-8,11-12H2,1-4H3,(H,28,30)/t18-/m0/s1. The lowest BCUT2D eigenvalue weighted by Crippen LogP contribution is -2.39. The molecule has 4 rings (SSSR count). The fourth-order valence-electron chi connectivity index (χ4n) is 4.89. The largest absolute Gasteiger partial charge is 0.493 e. The van der Waals surface area contributed by atoms with E-state index in [1.54, 1.807) is 14.2 Å². The molecule has 0 unspecified atom stereocenters. The Labute approximate surface area is 190 Å². The first kappa shape index (κ1) is 22.1. The van der Waals surface area contributed by atoms with Crippen LogP contribution in [-0.4, -0.2) is 31.2 Å². The van der Waals surface area contributed by atoms with Gasteiger partial charge in [-0.2, -0.15) is 0 Å². The van der Waals surface area contributed by atoms with Gasteiger partial charge in [0.1, 0.15) is 0 Å². The van der Waals surface area contributed by atoms with Gasteiger partial charge in [-0.05, 0) is 44.2 Å². The van der Waals surface area contributed by atoms with Gasteiger partial charge in [0.15, 0.2) is 11.5 Å². The molecule has 1 saturated carbocycles. The Kier molecular flexibility index (Phi) is 6.63. The molecule has 1 N–H and O–H groups in total. The van der Waals surface area contributed by atoms with E-state index >= 15 is 0 Å². The Morgan fingerprint density at radius 1 is 1.03 bits per heavy atom. The summed E-state index contributed by atoms with van der Waals surface area (Å²) >= 11 is 0. The molecule has 0 saturated heterocycles. The van der Waals surface area contributed by atoms with E-state index in [0.717, 1.165) is 22.2 Å². The number of carbonyl (C=O) groups is 1. The van der Waals surface area contributed by atoms with Gasteiger partial charge < -0.3 is 14.8 Å². The fourth-order valence-corrected chi connectivity index (χ4v) is 4.89. The van der Waals surface area contributed by atoms with Crippen molar-refractivity contribution in [2.24, 2.45) is 5.92 Å². The van der Waals surface area contributed by atoms with Crippen molar-refractivity contribution in [1.29, 1.82) is 0 Å². The summed E-state index contributed by atoms with van der Waals surface area (Å²) in [4.78, 5) is 18.6.